The van der Waals surface area contributed by atoms with Crippen molar-refractivity contribution in [2.24, 2.45) is 0 Å². The molecule has 2 amide bonds. The molecule has 0 aliphatic carbocycles. The summed E-state index contributed by atoms with van der Waals surface area (Å²) in [5.74, 6) is 0.0508. The van der Waals surface area contributed by atoms with E-state index in [-0.39, 0.29) is 43.1 Å². The summed E-state index contributed by atoms with van der Waals surface area (Å²) in [6.07, 6.45) is 2.13. The summed E-state index contributed by atoms with van der Waals surface area (Å²) in [7, 11) is -1.75. The second-order valence-corrected chi connectivity index (χ2v) is 9.16. The van der Waals surface area contributed by atoms with Gasteiger partial charge in [0.05, 0.1) is 30.4 Å². The molecular formula is C19H27N3O6S. The second kappa shape index (κ2) is 8.58. The highest BCUT2D eigenvalue weighted by Crippen LogP contribution is 2.32. The van der Waals surface area contributed by atoms with Crippen molar-refractivity contribution in [3.05, 3.63) is 23.8 Å². The first-order valence-corrected chi connectivity index (χ1v) is 11.5. The van der Waals surface area contributed by atoms with Crippen LogP contribution in [0.2, 0.25) is 0 Å². The molecule has 29 heavy (non-hydrogen) atoms. The summed E-state index contributed by atoms with van der Waals surface area (Å²) in [5, 5.41) is 2.77. The van der Waals surface area contributed by atoms with Gasteiger partial charge in [-0.3, -0.25) is 14.3 Å². The van der Waals surface area contributed by atoms with E-state index in [1.54, 1.807) is 24.1 Å². The molecule has 2 aliphatic rings. The number of ether oxygens (including phenoxy) is 2. The van der Waals surface area contributed by atoms with Crippen LogP contribution < -0.4 is 14.8 Å². The highest BCUT2D eigenvalue weighted by Gasteiger charge is 2.39. The lowest BCUT2D eigenvalue weighted by Crippen LogP contribution is -2.53. The van der Waals surface area contributed by atoms with Crippen LogP contribution in [-0.2, 0) is 19.6 Å². The highest BCUT2D eigenvalue weighted by atomic mass is 32.2. The topological polar surface area (TPSA) is 114 Å². The minimum absolute atomic E-state index is 0.0524. The van der Waals surface area contributed by atoms with Gasteiger partial charge in [-0.1, -0.05) is 0 Å². The number of fused-ring (bicyclic) bond motifs is 2. The Hall–Kier alpha value is -2.33. The Balaban J connectivity index is 1.79. The molecule has 1 fully saturated rings. The van der Waals surface area contributed by atoms with Crippen molar-refractivity contribution in [2.75, 3.05) is 31.2 Å². The average molecular weight is 426 g/mol. The van der Waals surface area contributed by atoms with E-state index in [0.29, 0.717) is 36.4 Å². The number of amides is 2. The zero-order valence-electron chi connectivity index (χ0n) is 16.8. The van der Waals surface area contributed by atoms with E-state index >= 15 is 0 Å². The van der Waals surface area contributed by atoms with Gasteiger partial charge >= 0.3 is 0 Å². The number of anilines is 1. The van der Waals surface area contributed by atoms with E-state index in [9.17, 15) is 18.0 Å². The summed E-state index contributed by atoms with van der Waals surface area (Å²) in [6, 6.07) is 4.42. The minimum atomic E-state index is -3.46. The highest BCUT2D eigenvalue weighted by molar-refractivity contribution is 7.92. The number of carbonyl (C=O) groups is 2. The van der Waals surface area contributed by atoms with Gasteiger partial charge in [0.25, 0.3) is 5.91 Å². The molecular weight excluding hydrogens is 398 g/mol. The summed E-state index contributed by atoms with van der Waals surface area (Å²) in [4.78, 5) is 26.5. The van der Waals surface area contributed by atoms with E-state index in [0.717, 1.165) is 6.26 Å². The van der Waals surface area contributed by atoms with Crippen molar-refractivity contribution >= 4 is 27.5 Å². The maximum Gasteiger partial charge on any atom is 0.257 e. The first-order chi connectivity index (χ1) is 13.7. The van der Waals surface area contributed by atoms with Crippen molar-refractivity contribution in [1.29, 1.82) is 0 Å². The van der Waals surface area contributed by atoms with E-state index in [1.807, 2.05) is 6.92 Å². The Kier molecular flexibility index (Phi) is 6.33. The Labute approximate surface area is 170 Å². The maximum atomic E-state index is 13.1. The Morgan fingerprint density at radius 1 is 1.31 bits per heavy atom. The summed E-state index contributed by atoms with van der Waals surface area (Å²) >= 11 is 0. The molecule has 0 unspecified atom stereocenters. The van der Waals surface area contributed by atoms with Crippen LogP contribution in [0, 0.1) is 0 Å². The minimum Gasteiger partial charge on any atom is -0.490 e. The van der Waals surface area contributed by atoms with Gasteiger partial charge in [0.15, 0.2) is 0 Å². The molecule has 1 aromatic rings. The number of rotatable bonds is 5. The molecule has 2 N–H and O–H groups in total. The summed E-state index contributed by atoms with van der Waals surface area (Å²) < 4.78 is 37.3. The van der Waals surface area contributed by atoms with E-state index in [2.05, 4.69) is 10.0 Å². The third-order valence-electron chi connectivity index (χ3n) is 5.10. The molecule has 0 radical (unpaired) electrons. The fourth-order valence-electron chi connectivity index (χ4n) is 3.78. The maximum absolute atomic E-state index is 13.1. The van der Waals surface area contributed by atoms with Gasteiger partial charge in [-0.2, -0.15) is 0 Å². The lowest BCUT2D eigenvalue weighted by molar-refractivity contribution is -0.133. The third kappa shape index (κ3) is 5.18. The van der Waals surface area contributed by atoms with Crippen LogP contribution in [-0.4, -0.2) is 69.8 Å². The van der Waals surface area contributed by atoms with Crippen molar-refractivity contribution < 1.29 is 27.5 Å². The zero-order chi connectivity index (χ0) is 21.2. The summed E-state index contributed by atoms with van der Waals surface area (Å²) in [5.41, 5.74) is 0.597. The van der Waals surface area contributed by atoms with Crippen molar-refractivity contribution in [2.45, 2.75) is 44.4 Å². The average Bonchev–Trinajstić information content (AvgIpc) is 2.64. The SMILES string of the molecule is CCNC(=O)C[C@H]1CC[C@H]2[C@@H](COc3ccc(NS(C)(=O)=O)cc3C(=O)N2C)O1. The molecule has 3 atom stereocenters. The van der Waals surface area contributed by atoms with E-state index in [4.69, 9.17) is 9.47 Å². The number of carbonyl (C=O) groups excluding carboxylic acids is 2. The fraction of sp³-hybridized carbons (Fsp3) is 0.579. The largest absolute Gasteiger partial charge is 0.490 e. The number of hydrogen-bond acceptors (Lipinski definition) is 6. The first kappa shape index (κ1) is 21.4. The summed E-state index contributed by atoms with van der Waals surface area (Å²) in [6.45, 7) is 2.68. The molecule has 1 saturated heterocycles. The van der Waals surface area contributed by atoms with Gasteiger partial charge in [-0.15, -0.1) is 0 Å². The van der Waals surface area contributed by atoms with Gasteiger partial charge in [0, 0.05) is 19.3 Å². The molecule has 10 heteroatoms. The van der Waals surface area contributed by atoms with Crippen molar-refractivity contribution in [3.63, 3.8) is 0 Å². The van der Waals surface area contributed by atoms with Gasteiger partial charge < -0.3 is 19.7 Å². The lowest BCUT2D eigenvalue weighted by atomic mass is 9.94. The van der Waals surface area contributed by atoms with Crippen molar-refractivity contribution in [3.8, 4) is 5.75 Å². The van der Waals surface area contributed by atoms with Crippen molar-refractivity contribution in [1.82, 2.24) is 10.2 Å². The van der Waals surface area contributed by atoms with E-state index in [1.165, 1.54) is 6.07 Å². The number of nitrogens with one attached hydrogen (secondary N) is 2. The quantitative estimate of drug-likeness (QED) is 0.727. The number of sulfonamides is 1. The van der Waals surface area contributed by atoms with Crippen LogP contribution in [0.1, 0.15) is 36.5 Å². The molecule has 0 saturated carbocycles. The normalized spacial score (nSPS) is 24.4. The lowest BCUT2D eigenvalue weighted by Gasteiger charge is -2.42. The Morgan fingerprint density at radius 2 is 2.07 bits per heavy atom. The van der Waals surface area contributed by atoms with Gasteiger partial charge in [0.2, 0.25) is 15.9 Å². The molecule has 160 valence electrons. The molecule has 0 aromatic heterocycles. The predicted octanol–water partition coefficient (Wildman–Crippen LogP) is 0.965. The number of nitrogens with zero attached hydrogens (tertiary/aromatic N) is 1. The Morgan fingerprint density at radius 3 is 2.76 bits per heavy atom. The van der Waals surface area contributed by atoms with Crippen LogP contribution in [0.3, 0.4) is 0 Å². The second-order valence-electron chi connectivity index (χ2n) is 7.41. The predicted molar refractivity (Wildman–Crippen MR) is 107 cm³/mol. The van der Waals surface area contributed by atoms with Gasteiger partial charge in [-0.25, -0.2) is 8.42 Å². The fourth-order valence-corrected chi connectivity index (χ4v) is 4.34. The molecule has 3 rings (SSSR count). The molecule has 9 nitrogen and oxygen atoms in total. The smallest absolute Gasteiger partial charge is 0.257 e. The Bertz CT molecular complexity index is 888. The molecule has 0 bridgehead atoms. The van der Waals surface area contributed by atoms with Crippen LogP contribution in [0.5, 0.6) is 5.75 Å². The van der Waals surface area contributed by atoms with Gasteiger partial charge in [-0.05, 0) is 38.0 Å². The zero-order valence-corrected chi connectivity index (χ0v) is 17.6. The molecule has 2 aliphatic heterocycles. The molecule has 1 aromatic carbocycles. The van der Waals surface area contributed by atoms with Gasteiger partial charge in [0.1, 0.15) is 18.5 Å². The monoisotopic (exact) mass is 425 g/mol. The standard InChI is InChI=1S/C19H27N3O6S/c1-4-20-18(23)10-13-6-7-15-17(28-13)11-27-16-8-5-12(21-29(3,25)26)9-14(16)19(24)22(15)2/h5,8-9,13,15,17,21H,4,6-7,10-11H2,1-3H3,(H,20,23)/t13-,15+,17-/m1/s1. The van der Waals surface area contributed by atoms with Crippen LogP contribution in [0.15, 0.2) is 18.2 Å². The van der Waals surface area contributed by atoms with Crippen LogP contribution in [0.4, 0.5) is 5.69 Å². The van der Waals surface area contributed by atoms with Crippen LogP contribution in [0.25, 0.3) is 0 Å². The molecule has 0 spiro atoms. The number of benzene rings is 1. The third-order valence-corrected chi connectivity index (χ3v) is 5.71. The molecule has 2 heterocycles. The number of likely N-dealkylation sites (N-methyl/N-ethyl adjacent to an activating group) is 1. The number of hydrogen-bond donors (Lipinski definition) is 2. The van der Waals surface area contributed by atoms with E-state index < -0.39 is 10.0 Å². The first-order valence-electron chi connectivity index (χ1n) is 9.62. The van der Waals surface area contributed by atoms with Crippen LogP contribution >= 0.6 is 0 Å².